The second-order valence-corrected chi connectivity index (χ2v) is 6.85. The number of hydrogen-bond donors (Lipinski definition) is 1. The van der Waals surface area contributed by atoms with Crippen LogP contribution in [0.1, 0.15) is 30.9 Å². The summed E-state index contributed by atoms with van der Waals surface area (Å²) in [6, 6.07) is 9.89. The number of hydrogen-bond acceptors (Lipinski definition) is 2. The van der Waals surface area contributed by atoms with E-state index in [1.165, 1.54) is 5.56 Å². The van der Waals surface area contributed by atoms with E-state index in [1.54, 1.807) is 0 Å². The zero-order valence-corrected chi connectivity index (χ0v) is 14.9. The Morgan fingerprint density at radius 2 is 1.75 bits per heavy atom. The number of aryl methyl sites for hydroxylation is 1. The molecule has 0 saturated carbocycles. The summed E-state index contributed by atoms with van der Waals surface area (Å²) >= 11 is 7.00. The number of ether oxygens (including phenoxy) is 1. The van der Waals surface area contributed by atoms with Crippen molar-refractivity contribution in [3.05, 3.63) is 50.4 Å². The zero-order chi connectivity index (χ0) is 14.9. The van der Waals surface area contributed by atoms with Crippen LogP contribution in [-0.2, 0) is 0 Å². The minimum absolute atomic E-state index is 0.385. The predicted octanol–water partition coefficient (Wildman–Crippen LogP) is 6.02. The molecule has 2 aromatic rings. The van der Waals surface area contributed by atoms with Crippen molar-refractivity contribution in [3.8, 4) is 11.5 Å². The Morgan fingerprint density at radius 3 is 2.40 bits per heavy atom. The molecule has 0 fully saturated rings. The van der Waals surface area contributed by atoms with Gasteiger partial charge >= 0.3 is 0 Å². The highest BCUT2D eigenvalue weighted by Gasteiger charge is 2.12. The summed E-state index contributed by atoms with van der Waals surface area (Å²) in [6.45, 7) is 6.27. The van der Waals surface area contributed by atoms with Crippen LogP contribution in [0.5, 0.6) is 11.5 Å². The van der Waals surface area contributed by atoms with E-state index in [9.17, 15) is 0 Å². The van der Waals surface area contributed by atoms with Crippen LogP contribution in [-0.4, -0.2) is 0 Å². The van der Waals surface area contributed by atoms with Crippen molar-refractivity contribution in [3.63, 3.8) is 0 Å². The van der Waals surface area contributed by atoms with Gasteiger partial charge in [0, 0.05) is 10.2 Å². The lowest BCUT2D eigenvalue weighted by Crippen LogP contribution is -1.96. The van der Waals surface area contributed by atoms with Crippen molar-refractivity contribution in [2.45, 2.75) is 26.7 Å². The molecule has 2 rings (SSSR count). The highest BCUT2D eigenvalue weighted by atomic mass is 79.9. The van der Waals surface area contributed by atoms with E-state index >= 15 is 0 Å². The summed E-state index contributed by atoms with van der Waals surface area (Å²) in [5.41, 5.74) is 8.82. The fraction of sp³-hybridized carbons (Fsp3) is 0.250. The molecule has 2 aromatic carbocycles. The van der Waals surface area contributed by atoms with E-state index in [2.05, 4.69) is 51.8 Å². The normalized spacial score (nSPS) is 10.9. The lowest BCUT2D eigenvalue weighted by Gasteiger charge is -2.16. The molecule has 0 atom stereocenters. The van der Waals surface area contributed by atoms with Gasteiger partial charge in [-0.25, -0.2) is 0 Å². The van der Waals surface area contributed by atoms with Crippen molar-refractivity contribution >= 4 is 37.5 Å². The molecule has 0 aliphatic heterocycles. The molecule has 20 heavy (non-hydrogen) atoms. The highest BCUT2D eigenvalue weighted by molar-refractivity contribution is 9.10. The third-order valence-corrected chi connectivity index (χ3v) is 4.25. The minimum Gasteiger partial charge on any atom is -0.456 e. The number of rotatable bonds is 3. The molecule has 0 spiro atoms. The van der Waals surface area contributed by atoms with Crippen LogP contribution in [0.4, 0.5) is 5.69 Å². The quantitative estimate of drug-likeness (QED) is 0.641. The van der Waals surface area contributed by atoms with Crippen LogP contribution in [0.15, 0.2) is 39.3 Å². The number of halogens is 2. The van der Waals surface area contributed by atoms with E-state index < -0.39 is 0 Å². The summed E-state index contributed by atoms with van der Waals surface area (Å²) in [4.78, 5) is 0. The van der Waals surface area contributed by atoms with Gasteiger partial charge in [-0.05, 0) is 70.2 Å². The molecule has 0 saturated heterocycles. The lowest BCUT2D eigenvalue weighted by atomic mass is 10.0. The lowest BCUT2D eigenvalue weighted by molar-refractivity contribution is 0.470. The first kappa shape index (κ1) is 15.4. The van der Waals surface area contributed by atoms with Gasteiger partial charge in [0.15, 0.2) is 0 Å². The molecule has 0 aliphatic carbocycles. The summed E-state index contributed by atoms with van der Waals surface area (Å²) in [5, 5.41) is 0. The van der Waals surface area contributed by atoms with Crippen molar-refractivity contribution in [2.24, 2.45) is 0 Å². The second-order valence-electron chi connectivity index (χ2n) is 5.08. The van der Waals surface area contributed by atoms with Gasteiger partial charge in [0.2, 0.25) is 0 Å². The molecule has 0 heterocycles. The fourth-order valence-electron chi connectivity index (χ4n) is 1.93. The van der Waals surface area contributed by atoms with Gasteiger partial charge < -0.3 is 10.5 Å². The van der Waals surface area contributed by atoms with Crippen LogP contribution in [0, 0.1) is 6.92 Å². The molecule has 2 N–H and O–H groups in total. The zero-order valence-electron chi connectivity index (χ0n) is 11.7. The van der Waals surface area contributed by atoms with Crippen LogP contribution < -0.4 is 10.5 Å². The Kier molecular flexibility index (Phi) is 4.76. The van der Waals surface area contributed by atoms with Crippen molar-refractivity contribution in [2.75, 3.05) is 5.73 Å². The summed E-state index contributed by atoms with van der Waals surface area (Å²) < 4.78 is 7.99. The smallest absolute Gasteiger partial charge is 0.142 e. The first-order chi connectivity index (χ1) is 9.38. The predicted molar refractivity (Wildman–Crippen MR) is 91.6 cm³/mol. The van der Waals surface area contributed by atoms with Crippen LogP contribution in [0.2, 0.25) is 0 Å². The largest absolute Gasteiger partial charge is 0.456 e. The number of benzene rings is 2. The SMILES string of the molecule is Cc1cc(Oc2ccc(Br)cc2C(C)C)c(Br)cc1N. The van der Waals surface area contributed by atoms with E-state index in [4.69, 9.17) is 10.5 Å². The summed E-state index contributed by atoms with van der Waals surface area (Å²) in [7, 11) is 0. The van der Waals surface area contributed by atoms with Crippen LogP contribution in [0.3, 0.4) is 0 Å². The topological polar surface area (TPSA) is 35.2 Å². The van der Waals surface area contributed by atoms with Crippen molar-refractivity contribution < 1.29 is 4.74 Å². The average molecular weight is 399 g/mol. The Balaban J connectivity index is 2.42. The third-order valence-electron chi connectivity index (χ3n) is 3.13. The average Bonchev–Trinajstić information content (AvgIpc) is 2.37. The third kappa shape index (κ3) is 3.36. The monoisotopic (exact) mass is 397 g/mol. The molecule has 0 amide bonds. The van der Waals surface area contributed by atoms with Gasteiger partial charge in [-0.1, -0.05) is 29.8 Å². The van der Waals surface area contributed by atoms with Crippen molar-refractivity contribution in [1.29, 1.82) is 0 Å². The summed E-state index contributed by atoms with van der Waals surface area (Å²) in [6.07, 6.45) is 0. The Labute approximate surface area is 136 Å². The van der Waals surface area contributed by atoms with Gasteiger partial charge in [0.05, 0.1) is 4.47 Å². The molecule has 106 valence electrons. The molecule has 0 aliphatic rings. The highest BCUT2D eigenvalue weighted by Crippen LogP contribution is 2.37. The number of nitrogens with two attached hydrogens (primary N) is 1. The molecule has 2 nitrogen and oxygen atoms in total. The Morgan fingerprint density at radius 1 is 1.05 bits per heavy atom. The van der Waals surface area contributed by atoms with E-state index in [-0.39, 0.29) is 0 Å². The maximum absolute atomic E-state index is 6.07. The first-order valence-corrected chi connectivity index (χ1v) is 8.00. The first-order valence-electron chi connectivity index (χ1n) is 6.41. The molecule has 0 unspecified atom stereocenters. The van der Waals surface area contributed by atoms with Gasteiger partial charge in [0.25, 0.3) is 0 Å². The van der Waals surface area contributed by atoms with Gasteiger partial charge in [0.1, 0.15) is 11.5 Å². The standard InChI is InChI=1S/C16H17Br2NO/c1-9(2)12-7-11(17)4-5-15(12)20-16-6-10(3)14(19)8-13(16)18/h4-9H,19H2,1-3H3. The van der Waals surface area contributed by atoms with E-state index in [1.807, 2.05) is 31.2 Å². The minimum atomic E-state index is 0.385. The Hall–Kier alpha value is -1.00. The summed E-state index contributed by atoms with van der Waals surface area (Å²) in [5.74, 6) is 2.03. The molecule has 0 aromatic heterocycles. The van der Waals surface area contributed by atoms with Crippen molar-refractivity contribution in [1.82, 2.24) is 0 Å². The fourth-order valence-corrected chi connectivity index (χ4v) is 2.75. The van der Waals surface area contributed by atoms with Gasteiger partial charge in [-0.15, -0.1) is 0 Å². The molecule has 0 radical (unpaired) electrons. The van der Waals surface area contributed by atoms with Gasteiger partial charge in [-0.3, -0.25) is 0 Å². The van der Waals surface area contributed by atoms with Crippen LogP contribution in [0.25, 0.3) is 0 Å². The molecular formula is C16H17Br2NO. The van der Waals surface area contributed by atoms with Crippen LogP contribution >= 0.6 is 31.9 Å². The molecule has 4 heteroatoms. The maximum Gasteiger partial charge on any atom is 0.142 e. The second kappa shape index (κ2) is 6.19. The molecule has 0 bridgehead atoms. The number of anilines is 1. The number of nitrogen functional groups attached to an aromatic ring is 1. The van der Waals surface area contributed by atoms with E-state index in [0.29, 0.717) is 5.92 Å². The van der Waals surface area contributed by atoms with E-state index in [0.717, 1.165) is 31.7 Å². The van der Waals surface area contributed by atoms with Gasteiger partial charge in [-0.2, -0.15) is 0 Å². The maximum atomic E-state index is 6.07. The molecular weight excluding hydrogens is 382 g/mol. The Bertz CT molecular complexity index is 639.